The number of carboxylic acid groups (broad SMARTS) is 1. The van der Waals surface area contributed by atoms with E-state index >= 15 is 0 Å². The van der Waals surface area contributed by atoms with Gasteiger partial charge in [0.05, 0.1) is 12.0 Å². The van der Waals surface area contributed by atoms with E-state index in [0.29, 0.717) is 43.0 Å². The molecule has 5 rings (SSSR count). The van der Waals surface area contributed by atoms with Crippen molar-refractivity contribution in [2.75, 3.05) is 19.9 Å². The Labute approximate surface area is 172 Å². The molecule has 0 bridgehead atoms. The summed E-state index contributed by atoms with van der Waals surface area (Å²) in [7, 11) is 0. The summed E-state index contributed by atoms with van der Waals surface area (Å²) in [6.45, 7) is 0.942. The molecule has 2 aromatic rings. The number of hydrogen-bond donors (Lipinski definition) is 1. The number of β-lactam (4-membered cyclic amide) rings is 1. The number of carbonyl (C=O) groups excluding carboxylic acids is 1. The van der Waals surface area contributed by atoms with Crippen LogP contribution in [0, 0.1) is 5.82 Å². The van der Waals surface area contributed by atoms with Crippen LogP contribution < -0.4 is 9.47 Å². The molecule has 3 aliphatic rings. The number of fused-ring (bicyclic) bond motifs is 1. The van der Waals surface area contributed by atoms with Crippen molar-refractivity contribution < 1.29 is 28.6 Å². The molecule has 2 saturated heterocycles. The average Bonchev–Trinajstić information content (AvgIpc) is 3.20. The van der Waals surface area contributed by atoms with Gasteiger partial charge in [-0.15, -0.1) is 0 Å². The Balaban J connectivity index is 1.47. The Morgan fingerprint density at radius 2 is 1.80 bits per heavy atom. The van der Waals surface area contributed by atoms with Gasteiger partial charge in [-0.05, 0) is 48.2 Å². The fraction of sp³-hybridized carbons (Fsp3) is 0.364. The monoisotopic (exact) mass is 412 g/mol. The number of likely N-dealkylation sites (tertiary alicyclic amines) is 2. The first-order valence-corrected chi connectivity index (χ1v) is 9.98. The van der Waals surface area contributed by atoms with E-state index in [0.717, 1.165) is 5.56 Å². The molecule has 0 aromatic heterocycles. The molecule has 3 aliphatic heterocycles. The van der Waals surface area contributed by atoms with Gasteiger partial charge in [-0.1, -0.05) is 18.2 Å². The molecule has 3 heterocycles. The predicted molar refractivity (Wildman–Crippen MR) is 104 cm³/mol. The Bertz CT molecular complexity index is 1000. The average molecular weight is 412 g/mol. The normalized spacial score (nSPS) is 23.4. The van der Waals surface area contributed by atoms with Crippen LogP contribution in [0.15, 0.2) is 42.5 Å². The van der Waals surface area contributed by atoms with Gasteiger partial charge in [0.15, 0.2) is 11.5 Å². The van der Waals surface area contributed by atoms with Gasteiger partial charge in [-0.25, -0.2) is 9.18 Å². The van der Waals surface area contributed by atoms with E-state index in [1.807, 2.05) is 23.1 Å². The molecule has 156 valence electrons. The summed E-state index contributed by atoms with van der Waals surface area (Å²) in [5.41, 5.74) is 1.54. The smallest absolute Gasteiger partial charge is 0.407 e. The molecule has 2 atom stereocenters. The van der Waals surface area contributed by atoms with Crippen molar-refractivity contribution in [3.63, 3.8) is 0 Å². The topological polar surface area (TPSA) is 79.3 Å². The largest absolute Gasteiger partial charge is 0.465 e. The molecule has 1 N–H and O–H groups in total. The van der Waals surface area contributed by atoms with Crippen LogP contribution in [0.25, 0.3) is 0 Å². The van der Waals surface area contributed by atoms with Crippen molar-refractivity contribution in [3.8, 4) is 11.5 Å². The van der Waals surface area contributed by atoms with Crippen molar-refractivity contribution in [2.45, 2.75) is 30.8 Å². The van der Waals surface area contributed by atoms with E-state index in [2.05, 4.69) is 0 Å². The third-order valence-electron chi connectivity index (χ3n) is 6.21. The lowest BCUT2D eigenvalue weighted by molar-refractivity contribution is -0.156. The SMILES string of the molecule is O=C(O)N1CCC(N2C(=O)[C@H](c3cccc(F)c3)[C@H]2c2ccc3c(c2)OCO3)CC1. The molecule has 0 saturated carbocycles. The summed E-state index contributed by atoms with van der Waals surface area (Å²) in [6, 6.07) is 11.5. The number of halogens is 1. The standard InChI is InChI=1S/C22H21FN2O5/c23-15-3-1-2-13(10-15)19-20(14-4-5-17-18(11-14)30-12-29-17)25(21(19)26)16-6-8-24(9-7-16)22(27)28/h1-5,10-11,16,19-20H,6-9,12H2,(H,27,28)/t19-,20-/m1/s1. The Kier molecular flexibility index (Phi) is 4.49. The van der Waals surface area contributed by atoms with Crippen LogP contribution in [0.2, 0.25) is 0 Å². The molecule has 2 amide bonds. The first-order chi connectivity index (χ1) is 14.5. The fourth-order valence-electron chi connectivity index (χ4n) is 4.73. The number of carbonyl (C=O) groups is 2. The molecule has 30 heavy (non-hydrogen) atoms. The minimum atomic E-state index is -0.937. The zero-order chi connectivity index (χ0) is 20.8. The van der Waals surface area contributed by atoms with Gasteiger partial charge in [-0.3, -0.25) is 4.79 Å². The summed E-state index contributed by atoms with van der Waals surface area (Å²) >= 11 is 0. The van der Waals surface area contributed by atoms with Crippen molar-refractivity contribution in [3.05, 3.63) is 59.4 Å². The molecular weight excluding hydrogens is 391 g/mol. The Morgan fingerprint density at radius 3 is 2.53 bits per heavy atom. The maximum atomic E-state index is 13.9. The molecular formula is C22H21FN2O5. The van der Waals surface area contributed by atoms with Crippen LogP contribution in [0.4, 0.5) is 9.18 Å². The van der Waals surface area contributed by atoms with E-state index in [4.69, 9.17) is 9.47 Å². The molecule has 2 fully saturated rings. The van der Waals surface area contributed by atoms with Crippen LogP contribution in [-0.2, 0) is 4.79 Å². The molecule has 7 nitrogen and oxygen atoms in total. The second-order valence-corrected chi connectivity index (χ2v) is 7.84. The highest BCUT2D eigenvalue weighted by Crippen LogP contribution is 2.50. The third-order valence-corrected chi connectivity index (χ3v) is 6.21. The minimum Gasteiger partial charge on any atom is -0.465 e. The van der Waals surface area contributed by atoms with Crippen molar-refractivity contribution in [1.82, 2.24) is 9.80 Å². The number of benzene rings is 2. The van der Waals surface area contributed by atoms with Crippen LogP contribution in [0.5, 0.6) is 11.5 Å². The number of piperidine rings is 1. The lowest BCUT2D eigenvalue weighted by Crippen LogP contribution is -2.60. The maximum Gasteiger partial charge on any atom is 0.407 e. The zero-order valence-electron chi connectivity index (χ0n) is 16.2. The quantitative estimate of drug-likeness (QED) is 0.782. The second-order valence-electron chi connectivity index (χ2n) is 7.84. The Hall–Kier alpha value is -3.29. The summed E-state index contributed by atoms with van der Waals surface area (Å²) < 4.78 is 24.8. The predicted octanol–water partition coefficient (Wildman–Crippen LogP) is 3.36. The first kappa shape index (κ1) is 18.7. The zero-order valence-corrected chi connectivity index (χ0v) is 16.2. The van der Waals surface area contributed by atoms with Crippen LogP contribution in [-0.4, -0.2) is 52.8 Å². The Morgan fingerprint density at radius 1 is 1.03 bits per heavy atom. The van der Waals surface area contributed by atoms with E-state index in [1.165, 1.54) is 17.0 Å². The lowest BCUT2D eigenvalue weighted by Gasteiger charge is -2.53. The number of rotatable bonds is 3. The van der Waals surface area contributed by atoms with Crippen LogP contribution in [0.1, 0.15) is 35.9 Å². The number of nitrogens with zero attached hydrogens (tertiary/aromatic N) is 2. The van der Waals surface area contributed by atoms with E-state index in [9.17, 15) is 19.1 Å². The molecule has 0 radical (unpaired) electrons. The highest BCUT2D eigenvalue weighted by molar-refractivity contribution is 5.92. The van der Waals surface area contributed by atoms with Crippen LogP contribution >= 0.6 is 0 Å². The van der Waals surface area contributed by atoms with E-state index in [-0.39, 0.29) is 30.6 Å². The summed E-state index contributed by atoms with van der Waals surface area (Å²) in [6.07, 6.45) is 0.220. The van der Waals surface area contributed by atoms with E-state index in [1.54, 1.807) is 12.1 Å². The minimum absolute atomic E-state index is 0.0583. The van der Waals surface area contributed by atoms with Gasteiger partial charge >= 0.3 is 6.09 Å². The molecule has 0 aliphatic carbocycles. The van der Waals surface area contributed by atoms with E-state index < -0.39 is 12.0 Å². The van der Waals surface area contributed by atoms with Crippen molar-refractivity contribution >= 4 is 12.0 Å². The molecule has 8 heteroatoms. The third kappa shape index (κ3) is 3.03. The number of ether oxygens (including phenoxy) is 2. The summed E-state index contributed by atoms with van der Waals surface area (Å²) in [5, 5.41) is 9.21. The first-order valence-electron chi connectivity index (χ1n) is 9.98. The highest BCUT2D eigenvalue weighted by atomic mass is 19.1. The van der Waals surface area contributed by atoms with Crippen molar-refractivity contribution in [1.29, 1.82) is 0 Å². The summed E-state index contributed by atoms with van der Waals surface area (Å²) in [5.74, 6) is 0.368. The van der Waals surface area contributed by atoms with Crippen LogP contribution in [0.3, 0.4) is 0 Å². The second kappa shape index (κ2) is 7.19. The molecule has 0 unspecified atom stereocenters. The number of hydrogen-bond acceptors (Lipinski definition) is 4. The van der Waals surface area contributed by atoms with Gasteiger partial charge in [-0.2, -0.15) is 0 Å². The van der Waals surface area contributed by atoms with Gasteiger partial charge in [0.2, 0.25) is 12.7 Å². The van der Waals surface area contributed by atoms with Crippen molar-refractivity contribution in [2.24, 2.45) is 0 Å². The van der Waals surface area contributed by atoms with Gasteiger partial charge < -0.3 is 24.4 Å². The lowest BCUT2D eigenvalue weighted by atomic mass is 9.75. The fourth-order valence-corrected chi connectivity index (χ4v) is 4.73. The molecule has 0 spiro atoms. The molecule has 2 aromatic carbocycles. The van der Waals surface area contributed by atoms with Gasteiger partial charge in [0.25, 0.3) is 0 Å². The number of amides is 2. The highest BCUT2D eigenvalue weighted by Gasteiger charge is 2.52. The van der Waals surface area contributed by atoms with Gasteiger partial charge in [0.1, 0.15) is 5.82 Å². The summed E-state index contributed by atoms with van der Waals surface area (Å²) in [4.78, 5) is 27.7. The maximum absolute atomic E-state index is 13.9. The van der Waals surface area contributed by atoms with Gasteiger partial charge in [0, 0.05) is 19.1 Å².